The second-order valence-electron chi connectivity index (χ2n) is 5.30. The van der Waals surface area contributed by atoms with E-state index in [1.165, 1.54) is 6.20 Å². The Morgan fingerprint density at radius 2 is 2.14 bits per heavy atom. The molecule has 0 amide bonds. The summed E-state index contributed by atoms with van der Waals surface area (Å²) in [7, 11) is 0. The predicted octanol–water partition coefficient (Wildman–Crippen LogP) is 3.01. The van der Waals surface area contributed by atoms with Gasteiger partial charge in [-0.3, -0.25) is 4.98 Å². The maximum atomic E-state index is 13.7. The molecule has 0 spiro atoms. The van der Waals surface area contributed by atoms with Crippen LogP contribution in [0.15, 0.2) is 48.8 Å². The fourth-order valence-electron chi connectivity index (χ4n) is 2.52. The zero-order valence-corrected chi connectivity index (χ0v) is 12.2. The zero-order valence-electron chi connectivity index (χ0n) is 12.2. The molecule has 116 valence electrons. The highest BCUT2D eigenvalue weighted by molar-refractivity contribution is 5.44. The van der Waals surface area contributed by atoms with Gasteiger partial charge in [0.1, 0.15) is 0 Å². The Balaban J connectivity index is 1.62. The molecule has 1 aromatic heterocycles. The van der Waals surface area contributed by atoms with Crippen LogP contribution >= 0.6 is 0 Å². The van der Waals surface area contributed by atoms with Gasteiger partial charge in [0.15, 0.2) is 5.82 Å². The van der Waals surface area contributed by atoms with Gasteiger partial charge in [0, 0.05) is 12.8 Å². The number of hydrogen-bond acceptors (Lipinski definition) is 4. The minimum atomic E-state index is -0.366. The fraction of sp³-hybridized carbons (Fsp3) is 0.353. The Morgan fingerprint density at radius 3 is 2.95 bits per heavy atom. The number of pyridine rings is 1. The number of rotatable bonds is 5. The fourth-order valence-corrected chi connectivity index (χ4v) is 2.52. The van der Waals surface area contributed by atoms with Crippen LogP contribution in [0.25, 0.3) is 0 Å². The Hall–Kier alpha value is -1.98. The molecule has 0 bridgehead atoms. The van der Waals surface area contributed by atoms with Gasteiger partial charge in [0.2, 0.25) is 0 Å². The minimum absolute atomic E-state index is 0.0125. The van der Waals surface area contributed by atoms with E-state index in [0.717, 1.165) is 12.0 Å². The van der Waals surface area contributed by atoms with Crippen molar-refractivity contribution < 1.29 is 13.9 Å². The van der Waals surface area contributed by atoms with E-state index in [4.69, 9.17) is 9.47 Å². The molecule has 0 radical (unpaired) electrons. The molecule has 0 unspecified atom stereocenters. The van der Waals surface area contributed by atoms with E-state index in [-0.39, 0.29) is 18.0 Å². The lowest BCUT2D eigenvalue weighted by Gasteiger charge is -2.32. The van der Waals surface area contributed by atoms with Crippen LogP contribution in [0.5, 0.6) is 0 Å². The molecular weight excluding hydrogens is 283 g/mol. The molecule has 2 atom stereocenters. The van der Waals surface area contributed by atoms with Crippen LogP contribution < -0.4 is 5.32 Å². The van der Waals surface area contributed by atoms with Gasteiger partial charge in [-0.1, -0.05) is 30.3 Å². The monoisotopic (exact) mass is 302 g/mol. The predicted molar refractivity (Wildman–Crippen MR) is 82.1 cm³/mol. The molecule has 5 heteroatoms. The van der Waals surface area contributed by atoms with Crippen molar-refractivity contribution in [2.45, 2.75) is 25.2 Å². The van der Waals surface area contributed by atoms with E-state index < -0.39 is 0 Å². The molecule has 1 aliphatic rings. The third kappa shape index (κ3) is 3.81. The second kappa shape index (κ2) is 7.33. The Bertz CT molecular complexity index is 594. The summed E-state index contributed by atoms with van der Waals surface area (Å²) >= 11 is 0. The molecule has 1 aromatic carbocycles. The molecule has 1 N–H and O–H groups in total. The number of hydrogen-bond donors (Lipinski definition) is 1. The van der Waals surface area contributed by atoms with E-state index in [1.54, 1.807) is 12.3 Å². The quantitative estimate of drug-likeness (QED) is 0.922. The Labute approximate surface area is 129 Å². The maximum absolute atomic E-state index is 13.7. The summed E-state index contributed by atoms with van der Waals surface area (Å²) in [5.41, 5.74) is 1.56. The summed E-state index contributed by atoms with van der Waals surface area (Å²) in [6, 6.07) is 11.6. The van der Waals surface area contributed by atoms with Crippen molar-refractivity contribution in [1.29, 1.82) is 0 Å². The van der Waals surface area contributed by atoms with Gasteiger partial charge in [-0.2, -0.15) is 0 Å². The zero-order chi connectivity index (χ0) is 15.2. The summed E-state index contributed by atoms with van der Waals surface area (Å²) in [4.78, 5) is 3.76. The molecule has 0 aliphatic carbocycles. The second-order valence-corrected chi connectivity index (χ2v) is 5.30. The first-order chi connectivity index (χ1) is 10.8. The molecule has 3 rings (SSSR count). The van der Waals surface area contributed by atoms with E-state index in [0.29, 0.717) is 25.5 Å². The Morgan fingerprint density at radius 1 is 1.27 bits per heavy atom. The summed E-state index contributed by atoms with van der Waals surface area (Å²) in [6.45, 7) is 1.71. The smallest absolute Gasteiger partial charge is 0.164 e. The van der Waals surface area contributed by atoms with E-state index in [1.807, 2.05) is 30.3 Å². The molecular formula is C17H19FN2O2. The molecule has 1 fully saturated rings. The number of benzene rings is 1. The first-order valence-corrected chi connectivity index (χ1v) is 7.42. The van der Waals surface area contributed by atoms with E-state index in [2.05, 4.69) is 10.3 Å². The molecule has 1 aliphatic heterocycles. The van der Waals surface area contributed by atoms with Crippen LogP contribution in [0.4, 0.5) is 10.1 Å². The van der Waals surface area contributed by atoms with Crippen molar-refractivity contribution in [1.82, 2.24) is 4.98 Å². The van der Waals surface area contributed by atoms with Crippen LogP contribution in [0.1, 0.15) is 12.0 Å². The van der Waals surface area contributed by atoms with Crippen LogP contribution in [0.3, 0.4) is 0 Å². The van der Waals surface area contributed by atoms with Crippen molar-refractivity contribution >= 4 is 5.69 Å². The first kappa shape index (κ1) is 14.9. The Kier molecular flexibility index (Phi) is 4.98. The van der Waals surface area contributed by atoms with Gasteiger partial charge in [0.25, 0.3) is 0 Å². The molecule has 1 saturated heterocycles. The number of aromatic nitrogens is 1. The van der Waals surface area contributed by atoms with Gasteiger partial charge in [-0.25, -0.2) is 4.39 Å². The van der Waals surface area contributed by atoms with Gasteiger partial charge >= 0.3 is 0 Å². The van der Waals surface area contributed by atoms with Gasteiger partial charge in [-0.05, 0) is 18.1 Å². The highest BCUT2D eigenvalue weighted by Crippen LogP contribution is 2.20. The van der Waals surface area contributed by atoms with Crippen molar-refractivity contribution in [2.75, 3.05) is 18.5 Å². The molecule has 2 aromatic rings. The van der Waals surface area contributed by atoms with Crippen LogP contribution in [-0.4, -0.2) is 30.3 Å². The van der Waals surface area contributed by atoms with Gasteiger partial charge in [0.05, 0.1) is 37.2 Å². The number of nitrogens with zero attached hydrogens (tertiary/aromatic N) is 1. The maximum Gasteiger partial charge on any atom is 0.164 e. The molecule has 22 heavy (non-hydrogen) atoms. The molecule has 0 saturated carbocycles. The SMILES string of the molecule is Fc1cnccc1N[C@@H]1COCC[C@@H]1OCc1ccccc1. The highest BCUT2D eigenvalue weighted by Gasteiger charge is 2.27. The van der Waals surface area contributed by atoms with Crippen LogP contribution in [0.2, 0.25) is 0 Å². The van der Waals surface area contributed by atoms with Crippen molar-refractivity contribution in [3.8, 4) is 0 Å². The van der Waals surface area contributed by atoms with Crippen molar-refractivity contribution in [3.05, 3.63) is 60.2 Å². The van der Waals surface area contributed by atoms with Gasteiger partial charge < -0.3 is 14.8 Å². The lowest BCUT2D eigenvalue weighted by Crippen LogP contribution is -2.44. The lowest BCUT2D eigenvalue weighted by atomic mass is 10.1. The first-order valence-electron chi connectivity index (χ1n) is 7.42. The number of nitrogens with one attached hydrogen (secondary N) is 1. The lowest BCUT2D eigenvalue weighted by molar-refractivity contribution is -0.0478. The van der Waals surface area contributed by atoms with Gasteiger partial charge in [-0.15, -0.1) is 0 Å². The average Bonchev–Trinajstić information content (AvgIpc) is 2.57. The number of halogens is 1. The standard InChI is InChI=1S/C17H19FN2O2/c18-14-10-19-8-6-15(14)20-16-12-21-9-7-17(16)22-11-13-4-2-1-3-5-13/h1-6,8,10,16-17H,7,9,11-12H2,(H,19,20)/t16-,17+/m1/s1. The summed E-state index contributed by atoms with van der Waals surface area (Å²) in [5.74, 6) is -0.366. The summed E-state index contributed by atoms with van der Waals surface area (Å²) in [6.07, 6.45) is 3.54. The normalized spacial score (nSPS) is 21.5. The van der Waals surface area contributed by atoms with Crippen molar-refractivity contribution in [3.63, 3.8) is 0 Å². The van der Waals surface area contributed by atoms with Crippen LogP contribution in [-0.2, 0) is 16.1 Å². The largest absolute Gasteiger partial charge is 0.379 e. The molecule has 4 nitrogen and oxygen atoms in total. The number of ether oxygens (including phenoxy) is 2. The van der Waals surface area contributed by atoms with E-state index >= 15 is 0 Å². The topological polar surface area (TPSA) is 43.4 Å². The van der Waals surface area contributed by atoms with Crippen LogP contribution in [0, 0.1) is 5.82 Å². The number of anilines is 1. The highest BCUT2D eigenvalue weighted by atomic mass is 19.1. The third-order valence-corrected chi connectivity index (χ3v) is 3.71. The third-order valence-electron chi connectivity index (χ3n) is 3.71. The summed E-state index contributed by atoms with van der Waals surface area (Å²) < 4.78 is 25.2. The van der Waals surface area contributed by atoms with E-state index in [9.17, 15) is 4.39 Å². The summed E-state index contributed by atoms with van der Waals surface area (Å²) in [5, 5.41) is 3.17. The van der Waals surface area contributed by atoms with Crippen molar-refractivity contribution in [2.24, 2.45) is 0 Å². The molecule has 2 heterocycles. The minimum Gasteiger partial charge on any atom is -0.379 e. The average molecular weight is 302 g/mol.